The Morgan fingerprint density at radius 2 is 2.33 bits per heavy atom. The third kappa shape index (κ3) is 0.778. The normalized spacial score (nSPS) is 41.6. The summed E-state index contributed by atoms with van der Waals surface area (Å²) in [4.78, 5) is 13.4. The minimum absolute atomic E-state index is 0.416. The summed E-state index contributed by atoms with van der Waals surface area (Å²) in [5.41, 5.74) is 0. The molecule has 2 nitrogen and oxygen atoms in total. The molecule has 2 bridgehead atoms. The van der Waals surface area contributed by atoms with Gasteiger partial charge in [0.1, 0.15) is 5.78 Å². The molecule has 2 atom stereocenters. The monoisotopic (exact) mass is 125 g/mol. The highest BCUT2D eigenvalue weighted by atomic mass is 16.1. The van der Waals surface area contributed by atoms with Crippen LogP contribution in [0.3, 0.4) is 0 Å². The third-order valence-corrected chi connectivity index (χ3v) is 2.40. The fourth-order valence-corrected chi connectivity index (χ4v) is 1.77. The third-order valence-electron chi connectivity index (χ3n) is 2.40. The number of fused-ring (bicyclic) bond motifs is 2. The van der Waals surface area contributed by atoms with Crippen LogP contribution >= 0.6 is 0 Å². The Bertz CT molecular complexity index is 144. The van der Waals surface area contributed by atoms with E-state index >= 15 is 0 Å². The van der Waals surface area contributed by atoms with Crippen molar-refractivity contribution in [3.63, 3.8) is 0 Å². The minimum atomic E-state index is 0.416. The maximum Gasteiger partial charge on any atom is 0.138 e. The first-order valence-electron chi connectivity index (χ1n) is 3.61. The first kappa shape index (κ1) is 5.42. The molecule has 0 spiro atoms. The lowest BCUT2D eigenvalue weighted by molar-refractivity contribution is -0.124. The van der Waals surface area contributed by atoms with Gasteiger partial charge in [-0.15, -0.1) is 0 Å². The van der Waals surface area contributed by atoms with E-state index in [4.69, 9.17) is 0 Å². The molecule has 0 aliphatic carbocycles. The van der Waals surface area contributed by atoms with Crippen LogP contribution in [-0.2, 0) is 4.79 Å². The van der Waals surface area contributed by atoms with E-state index in [1.54, 1.807) is 0 Å². The van der Waals surface area contributed by atoms with Gasteiger partial charge in [0.05, 0.1) is 0 Å². The van der Waals surface area contributed by atoms with Crippen LogP contribution in [0.2, 0.25) is 0 Å². The minimum Gasteiger partial charge on any atom is -0.302 e. The van der Waals surface area contributed by atoms with Gasteiger partial charge in [-0.25, -0.2) is 0 Å². The second-order valence-corrected chi connectivity index (χ2v) is 3.00. The maximum absolute atomic E-state index is 11.0. The number of carbonyl (C=O) groups excluding carboxylic acids is 1. The fourth-order valence-electron chi connectivity index (χ4n) is 1.77. The first-order chi connectivity index (χ1) is 4.36. The molecular formula is C7H11NO. The molecule has 2 heteroatoms. The van der Waals surface area contributed by atoms with Crippen molar-refractivity contribution in [2.75, 3.05) is 19.6 Å². The van der Waals surface area contributed by atoms with Crippen LogP contribution in [0.5, 0.6) is 0 Å². The Labute approximate surface area is 54.8 Å². The fraction of sp³-hybridized carbons (Fsp3) is 0.857. The molecule has 2 rings (SSSR count). The van der Waals surface area contributed by atoms with E-state index < -0.39 is 0 Å². The summed E-state index contributed by atoms with van der Waals surface area (Å²) in [6.45, 7) is 3.24. The van der Waals surface area contributed by atoms with Gasteiger partial charge in [0.2, 0.25) is 0 Å². The van der Waals surface area contributed by atoms with Gasteiger partial charge in [0.15, 0.2) is 0 Å². The van der Waals surface area contributed by atoms with Crippen LogP contribution in [0, 0.1) is 5.92 Å². The number of Topliss-reactive ketones (excluding diaryl/α,β-unsaturated/α-hetero) is 1. The second kappa shape index (κ2) is 1.81. The van der Waals surface area contributed by atoms with Gasteiger partial charge in [-0.2, -0.15) is 0 Å². The van der Waals surface area contributed by atoms with Crippen LogP contribution in [0.25, 0.3) is 0 Å². The molecule has 1 unspecified atom stereocenters. The van der Waals surface area contributed by atoms with E-state index in [0.717, 1.165) is 32.5 Å². The first-order valence-corrected chi connectivity index (χ1v) is 3.61. The summed E-state index contributed by atoms with van der Waals surface area (Å²) in [7, 11) is 0. The summed E-state index contributed by atoms with van der Waals surface area (Å²) in [5.74, 6) is 0.919. The van der Waals surface area contributed by atoms with Crippen LogP contribution in [0.4, 0.5) is 0 Å². The number of ketones is 1. The molecule has 50 valence electrons. The van der Waals surface area contributed by atoms with E-state index in [0.29, 0.717) is 11.7 Å². The highest BCUT2D eigenvalue weighted by Gasteiger charge is 2.32. The highest BCUT2D eigenvalue weighted by Crippen LogP contribution is 2.23. The van der Waals surface area contributed by atoms with E-state index in [9.17, 15) is 4.79 Å². The molecule has 0 radical (unpaired) electrons. The number of hydrogen-bond acceptors (Lipinski definition) is 2. The van der Waals surface area contributed by atoms with E-state index in [1.165, 1.54) is 0 Å². The number of hydrogen-bond donors (Lipinski definition) is 0. The molecule has 0 saturated carbocycles. The summed E-state index contributed by atoms with van der Waals surface area (Å²) in [6.07, 6.45) is 1.93. The summed E-state index contributed by atoms with van der Waals surface area (Å²) in [5, 5.41) is 0. The quantitative estimate of drug-likeness (QED) is 0.463. The van der Waals surface area contributed by atoms with Gasteiger partial charge < -0.3 is 4.90 Å². The van der Waals surface area contributed by atoms with Gasteiger partial charge in [0, 0.05) is 25.4 Å². The molecule has 2 saturated heterocycles. The van der Waals surface area contributed by atoms with Gasteiger partial charge in [-0.1, -0.05) is 0 Å². The molecule has 2 fully saturated rings. The highest BCUT2D eigenvalue weighted by molar-refractivity contribution is 5.82. The van der Waals surface area contributed by atoms with E-state index in [-0.39, 0.29) is 0 Å². The molecule has 0 aromatic carbocycles. The Hall–Kier alpha value is -0.370. The van der Waals surface area contributed by atoms with Crippen molar-refractivity contribution in [1.82, 2.24) is 4.90 Å². The number of carbonyl (C=O) groups is 1. The zero-order valence-electron chi connectivity index (χ0n) is 5.47. The van der Waals surface area contributed by atoms with E-state index in [2.05, 4.69) is 4.90 Å². The Balaban J connectivity index is 2.14. The predicted octanol–water partition coefficient (Wildman–Crippen LogP) is 0.281. The second-order valence-electron chi connectivity index (χ2n) is 3.00. The molecular weight excluding hydrogens is 114 g/mol. The van der Waals surface area contributed by atoms with Gasteiger partial charge in [-0.05, 0) is 13.0 Å². The average Bonchev–Trinajstić information content (AvgIpc) is 2.25. The van der Waals surface area contributed by atoms with Crippen molar-refractivity contribution in [3.05, 3.63) is 0 Å². The molecule has 0 aromatic rings. The van der Waals surface area contributed by atoms with Crippen molar-refractivity contribution in [2.24, 2.45) is 5.92 Å². The number of nitrogens with zero attached hydrogens (tertiary/aromatic N) is 1. The lowest BCUT2D eigenvalue weighted by atomic mass is 9.99. The van der Waals surface area contributed by atoms with Gasteiger partial charge >= 0.3 is 0 Å². The topological polar surface area (TPSA) is 20.3 Å². The molecule has 2 aliphatic heterocycles. The lowest BCUT2D eigenvalue weighted by Gasteiger charge is -2.19. The van der Waals surface area contributed by atoms with Crippen molar-refractivity contribution in [3.8, 4) is 0 Å². The Kier molecular flexibility index (Phi) is 1.09. The van der Waals surface area contributed by atoms with Crippen LogP contribution < -0.4 is 0 Å². The zero-order chi connectivity index (χ0) is 6.27. The predicted molar refractivity (Wildman–Crippen MR) is 34.2 cm³/mol. The largest absolute Gasteiger partial charge is 0.302 e. The molecule has 0 N–H and O–H groups in total. The summed E-state index contributed by atoms with van der Waals surface area (Å²) < 4.78 is 0. The smallest absolute Gasteiger partial charge is 0.138 e. The molecule has 0 amide bonds. The molecule has 0 aromatic heterocycles. The van der Waals surface area contributed by atoms with E-state index in [1.807, 2.05) is 0 Å². The summed E-state index contributed by atoms with van der Waals surface area (Å²) in [6, 6.07) is 0. The summed E-state index contributed by atoms with van der Waals surface area (Å²) >= 11 is 0. The number of piperidine rings is 1. The van der Waals surface area contributed by atoms with Crippen molar-refractivity contribution in [2.45, 2.75) is 12.8 Å². The Morgan fingerprint density at radius 3 is 3.11 bits per heavy atom. The van der Waals surface area contributed by atoms with Gasteiger partial charge in [-0.3, -0.25) is 4.79 Å². The lowest BCUT2D eigenvalue weighted by Crippen LogP contribution is -2.31. The van der Waals surface area contributed by atoms with Crippen molar-refractivity contribution in [1.29, 1.82) is 0 Å². The van der Waals surface area contributed by atoms with Crippen LogP contribution in [0.15, 0.2) is 0 Å². The molecule has 2 heterocycles. The van der Waals surface area contributed by atoms with Crippen molar-refractivity contribution < 1.29 is 4.79 Å². The van der Waals surface area contributed by atoms with Crippen molar-refractivity contribution >= 4 is 5.78 Å². The molecule has 2 aliphatic rings. The molecule has 9 heavy (non-hydrogen) atoms. The SMILES string of the molecule is O=C1CCN2CC[C@H]1C2. The van der Waals surface area contributed by atoms with Crippen LogP contribution in [-0.4, -0.2) is 30.3 Å². The van der Waals surface area contributed by atoms with Crippen LogP contribution in [0.1, 0.15) is 12.8 Å². The Morgan fingerprint density at radius 1 is 1.44 bits per heavy atom. The standard InChI is InChI=1S/C7H11NO/c9-7-2-4-8-3-1-6(7)5-8/h6H,1-5H2/t6-/m0/s1. The van der Waals surface area contributed by atoms with Gasteiger partial charge in [0.25, 0.3) is 0 Å². The number of rotatable bonds is 0. The zero-order valence-corrected chi connectivity index (χ0v) is 5.47. The maximum atomic E-state index is 11.0. The average molecular weight is 125 g/mol.